The molecule has 2 bridgehead atoms. The molecule has 1 aromatic heterocycles. The Kier molecular flexibility index (Phi) is 5.77. The highest BCUT2D eigenvalue weighted by atomic mass is 15.0. The molecule has 0 fully saturated rings. The number of benzene rings is 8. The summed E-state index contributed by atoms with van der Waals surface area (Å²) in [7, 11) is 0. The van der Waals surface area contributed by atoms with Gasteiger partial charge in [0.25, 0.3) is 0 Å². The lowest BCUT2D eigenvalue weighted by Gasteiger charge is -2.35. The maximum absolute atomic E-state index is 2.57. The Balaban J connectivity index is 1.27. The molecule has 0 amide bonds. The molecular formula is C53H37N. The summed E-state index contributed by atoms with van der Waals surface area (Å²) in [5.41, 5.74) is 23.3. The molecule has 3 aliphatic rings. The van der Waals surface area contributed by atoms with Gasteiger partial charge in [-0.3, -0.25) is 0 Å². The lowest BCUT2D eigenvalue weighted by atomic mass is 9.67. The van der Waals surface area contributed by atoms with Crippen LogP contribution in [0.15, 0.2) is 170 Å². The molecule has 1 unspecified atom stereocenters. The lowest BCUT2D eigenvalue weighted by molar-refractivity contribution is 0.659. The highest BCUT2D eigenvalue weighted by Crippen LogP contribution is 2.62. The first-order valence-corrected chi connectivity index (χ1v) is 19.2. The predicted octanol–water partition coefficient (Wildman–Crippen LogP) is 13.7. The van der Waals surface area contributed by atoms with Crippen molar-refractivity contribution in [1.82, 2.24) is 4.57 Å². The largest absolute Gasteiger partial charge is 0.309 e. The molecule has 9 aromatic rings. The lowest BCUT2D eigenvalue weighted by Crippen LogP contribution is -2.25. The van der Waals surface area contributed by atoms with Crippen molar-refractivity contribution >= 4 is 21.8 Å². The molecule has 0 aliphatic heterocycles. The third kappa shape index (κ3) is 3.64. The summed E-state index contributed by atoms with van der Waals surface area (Å²) in [6, 6.07) is 64.1. The van der Waals surface area contributed by atoms with Crippen LogP contribution in [0.2, 0.25) is 0 Å². The van der Waals surface area contributed by atoms with Gasteiger partial charge in [0.05, 0.1) is 11.0 Å². The van der Waals surface area contributed by atoms with Crippen molar-refractivity contribution < 1.29 is 0 Å². The van der Waals surface area contributed by atoms with E-state index in [0.717, 1.165) is 0 Å². The van der Waals surface area contributed by atoms with E-state index in [1.807, 2.05) is 0 Å². The Bertz CT molecular complexity index is 3070. The minimum Gasteiger partial charge on any atom is -0.309 e. The second-order valence-corrected chi connectivity index (χ2v) is 16.2. The smallest absolute Gasteiger partial charge is 0.0625 e. The van der Waals surface area contributed by atoms with Gasteiger partial charge in [-0.15, -0.1) is 0 Å². The number of aromatic nitrogens is 1. The van der Waals surface area contributed by atoms with Crippen LogP contribution in [0.25, 0.3) is 83.1 Å². The van der Waals surface area contributed by atoms with Crippen LogP contribution in [-0.2, 0) is 10.8 Å². The molecule has 0 spiro atoms. The molecular weight excluding hydrogens is 651 g/mol. The first-order chi connectivity index (χ1) is 26.4. The van der Waals surface area contributed by atoms with Gasteiger partial charge in [-0.1, -0.05) is 153 Å². The summed E-state index contributed by atoms with van der Waals surface area (Å²) < 4.78 is 2.54. The quantitative estimate of drug-likeness (QED) is 0.170. The molecule has 54 heavy (non-hydrogen) atoms. The zero-order valence-electron chi connectivity index (χ0n) is 30.6. The van der Waals surface area contributed by atoms with Gasteiger partial charge in [-0.25, -0.2) is 0 Å². The Morgan fingerprint density at radius 3 is 1.81 bits per heavy atom. The normalized spacial score (nSPS) is 16.6. The van der Waals surface area contributed by atoms with Crippen LogP contribution in [0, 0.1) is 0 Å². The fourth-order valence-corrected chi connectivity index (χ4v) is 10.8. The number of rotatable bonds is 2. The van der Waals surface area contributed by atoms with Crippen molar-refractivity contribution in [3.05, 3.63) is 198 Å². The fourth-order valence-electron chi connectivity index (χ4n) is 10.8. The van der Waals surface area contributed by atoms with Crippen molar-refractivity contribution in [3.63, 3.8) is 0 Å². The van der Waals surface area contributed by atoms with Crippen molar-refractivity contribution in [2.45, 2.75) is 31.6 Å². The van der Waals surface area contributed by atoms with Crippen LogP contribution in [0.5, 0.6) is 0 Å². The Hall–Kier alpha value is -6.44. The van der Waals surface area contributed by atoms with Gasteiger partial charge >= 0.3 is 0 Å². The van der Waals surface area contributed by atoms with Gasteiger partial charge in [0.1, 0.15) is 0 Å². The maximum atomic E-state index is 2.57. The van der Waals surface area contributed by atoms with Crippen LogP contribution in [-0.4, -0.2) is 4.57 Å². The SMILES string of the molecule is CC1(C)c2ccccc2-c2cc3cc(c21)-c1ccc2c4ccccc4n(-c4ccc(-c5ccccc5)cc4)c2c1-c1cccc2c1C3(C)c1ccccc1-2. The molecule has 0 radical (unpaired) electrons. The standard InChI is InChI=1S/C53H37N/c1-52(2)45-21-10-7-17-37(45)43-30-34-31-44(49(43)52)39-28-29-41-38-18-9-12-23-47(38)54(35-26-24-33(25-27-35)32-14-5-4-6-15-32)51(41)48(39)42-20-13-19-40-36-16-8-11-22-46(36)53(34,3)50(40)42/h4-31H,1-3H3. The predicted molar refractivity (Wildman–Crippen MR) is 226 cm³/mol. The monoisotopic (exact) mass is 687 g/mol. The van der Waals surface area contributed by atoms with E-state index in [-0.39, 0.29) is 10.8 Å². The van der Waals surface area contributed by atoms with Gasteiger partial charge < -0.3 is 4.57 Å². The summed E-state index contributed by atoms with van der Waals surface area (Å²) in [5.74, 6) is 0. The Morgan fingerprint density at radius 2 is 1.02 bits per heavy atom. The van der Waals surface area contributed by atoms with Gasteiger partial charge in [0, 0.05) is 32.9 Å². The minimum absolute atomic E-state index is 0.162. The van der Waals surface area contributed by atoms with Gasteiger partial charge in [-0.05, 0) is 115 Å². The highest BCUT2D eigenvalue weighted by molar-refractivity contribution is 6.18. The second kappa shape index (κ2) is 10.4. The van der Waals surface area contributed by atoms with Crippen molar-refractivity contribution in [2.75, 3.05) is 0 Å². The van der Waals surface area contributed by atoms with Crippen LogP contribution in [0.4, 0.5) is 0 Å². The summed E-state index contributed by atoms with van der Waals surface area (Å²) in [6.07, 6.45) is 0. The third-order valence-electron chi connectivity index (χ3n) is 13.2. The van der Waals surface area contributed by atoms with Crippen LogP contribution in [0.1, 0.15) is 48.6 Å². The average molecular weight is 688 g/mol. The molecule has 3 aliphatic carbocycles. The molecule has 0 saturated heterocycles. The van der Waals surface area contributed by atoms with Gasteiger partial charge in [-0.2, -0.15) is 0 Å². The minimum atomic E-state index is -0.345. The molecule has 12 rings (SSSR count). The number of hydrogen-bond donors (Lipinski definition) is 0. The molecule has 1 heterocycles. The third-order valence-corrected chi connectivity index (χ3v) is 13.2. The molecule has 254 valence electrons. The van der Waals surface area contributed by atoms with E-state index >= 15 is 0 Å². The van der Waals surface area contributed by atoms with Crippen LogP contribution >= 0.6 is 0 Å². The number of para-hydroxylation sites is 1. The van der Waals surface area contributed by atoms with Crippen LogP contribution < -0.4 is 0 Å². The van der Waals surface area contributed by atoms with E-state index in [0.29, 0.717) is 0 Å². The van der Waals surface area contributed by atoms with E-state index in [1.54, 1.807) is 0 Å². The summed E-state index contributed by atoms with van der Waals surface area (Å²) in [5, 5.41) is 2.55. The molecule has 8 aromatic carbocycles. The molecule has 1 nitrogen and oxygen atoms in total. The fraction of sp³-hybridized carbons (Fsp3) is 0.0943. The maximum Gasteiger partial charge on any atom is 0.0625 e. The van der Waals surface area contributed by atoms with E-state index < -0.39 is 0 Å². The molecule has 1 atom stereocenters. The Labute approximate surface area is 315 Å². The van der Waals surface area contributed by atoms with Gasteiger partial charge in [0.2, 0.25) is 0 Å². The summed E-state index contributed by atoms with van der Waals surface area (Å²) in [6.45, 7) is 7.34. The number of hydrogen-bond acceptors (Lipinski definition) is 0. The first kappa shape index (κ1) is 30.1. The number of nitrogens with zero attached hydrogens (tertiary/aromatic N) is 1. The van der Waals surface area contributed by atoms with E-state index in [4.69, 9.17) is 0 Å². The van der Waals surface area contributed by atoms with E-state index in [2.05, 4.69) is 195 Å². The van der Waals surface area contributed by atoms with Crippen LogP contribution in [0.3, 0.4) is 0 Å². The van der Waals surface area contributed by atoms with Crippen molar-refractivity contribution in [3.8, 4) is 61.3 Å². The topological polar surface area (TPSA) is 4.93 Å². The van der Waals surface area contributed by atoms with E-state index in [1.165, 1.54) is 111 Å². The zero-order valence-corrected chi connectivity index (χ0v) is 30.6. The van der Waals surface area contributed by atoms with Gasteiger partial charge in [0.15, 0.2) is 0 Å². The molecule has 0 saturated carbocycles. The van der Waals surface area contributed by atoms with Crippen molar-refractivity contribution in [2.24, 2.45) is 0 Å². The van der Waals surface area contributed by atoms with Crippen molar-refractivity contribution in [1.29, 1.82) is 0 Å². The Morgan fingerprint density at radius 1 is 0.407 bits per heavy atom. The first-order valence-electron chi connectivity index (χ1n) is 19.2. The second-order valence-electron chi connectivity index (χ2n) is 16.2. The summed E-state index contributed by atoms with van der Waals surface area (Å²) in [4.78, 5) is 0. The highest BCUT2D eigenvalue weighted by Gasteiger charge is 2.47. The summed E-state index contributed by atoms with van der Waals surface area (Å²) >= 11 is 0. The zero-order chi connectivity index (χ0) is 35.9. The van der Waals surface area contributed by atoms with E-state index in [9.17, 15) is 0 Å². The number of fused-ring (bicyclic) bond motifs is 17. The molecule has 0 N–H and O–H groups in total. The molecule has 1 heteroatoms. The average Bonchev–Trinajstić information content (AvgIpc) is 3.79.